The number of amides is 1. The first-order chi connectivity index (χ1) is 7.88. The third kappa shape index (κ3) is 3.14. The van der Waals surface area contributed by atoms with Crippen LogP contribution in [0.5, 0.6) is 0 Å². The molecule has 1 aliphatic rings. The van der Waals surface area contributed by atoms with Crippen molar-refractivity contribution >= 4 is 5.91 Å². The van der Waals surface area contributed by atoms with Crippen LogP contribution in [0, 0.1) is 5.92 Å². The Kier molecular flexibility index (Phi) is 4.84. The fraction of sp³-hybridized carbons (Fsp3) is 0.900. The molecule has 1 saturated heterocycles. The van der Waals surface area contributed by atoms with Crippen LogP contribution in [0.3, 0.4) is 0 Å². The van der Waals surface area contributed by atoms with Crippen molar-refractivity contribution in [3.8, 4) is 0 Å². The van der Waals surface area contributed by atoms with Crippen LogP contribution in [0.4, 0.5) is 0 Å². The summed E-state index contributed by atoms with van der Waals surface area (Å²) in [6, 6.07) is 0. The van der Waals surface area contributed by atoms with E-state index in [1.807, 2.05) is 0 Å². The molecule has 0 aliphatic carbocycles. The van der Waals surface area contributed by atoms with Crippen LogP contribution in [0.15, 0.2) is 0 Å². The van der Waals surface area contributed by atoms with Crippen molar-refractivity contribution < 1.29 is 30.0 Å². The molecule has 1 fully saturated rings. The zero-order valence-electron chi connectivity index (χ0n) is 9.78. The van der Waals surface area contributed by atoms with Gasteiger partial charge in [0.25, 0.3) is 0 Å². The van der Waals surface area contributed by atoms with Gasteiger partial charge in [0.2, 0.25) is 5.91 Å². The molecule has 0 saturated carbocycles. The second-order valence-corrected chi connectivity index (χ2v) is 4.41. The van der Waals surface area contributed by atoms with Crippen LogP contribution in [0.2, 0.25) is 0 Å². The van der Waals surface area contributed by atoms with Crippen molar-refractivity contribution in [3.63, 3.8) is 0 Å². The van der Waals surface area contributed by atoms with E-state index in [1.165, 1.54) is 0 Å². The highest BCUT2D eigenvalue weighted by Gasteiger charge is 2.43. The Morgan fingerprint density at radius 3 is 2.29 bits per heavy atom. The summed E-state index contributed by atoms with van der Waals surface area (Å²) >= 11 is 0. The van der Waals surface area contributed by atoms with Gasteiger partial charge in [0, 0.05) is 5.92 Å². The van der Waals surface area contributed by atoms with Gasteiger partial charge in [-0.2, -0.15) is 0 Å². The minimum atomic E-state index is -1.47. The minimum Gasteiger partial charge on any atom is -0.394 e. The first-order valence-electron chi connectivity index (χ1n) is 5.49. The molecule has 17 heavy (non-hydrogen) atoms. The number of carbonyl (C=O) groups is 1. The van der Waals surface area contributed by atoms with Crippen molar-refractivity contribution in [3.05, 3.63) is 0 Å². The van der Waals surface area contributed by atoms with Gasteiger partial charge < -0.3 is 30.5 Å². The smallest absolute Gasteiger partial charge is 0.224 e. The maximum absolute atomic E-state index is 11.4. The van der Waals surface area contributed by atoms with Crippen LogP contribution < -0.4 is 5.32 Å². The molecule has 7 heteroatoms. The molecule has 1 amide bonds. The molecule has 1 heterocycles. The van der Waals surface area contributed by atoms with Gasteiger partial charge in [0.15, 0.2) is 6.23 Å². The van der Waals surface area contributed by atoms with Gasteiger partial charge in [-0.15, -0.1) is 0 Å². The van der Waals surface area contributed by atoms with E-state index in [-0.39, 0.29) is 11.8 Å². The number of aliphatic hydroxyl groups excluding tert-OH is 4. The molecule has 100 valence electrons. The van der Waals surface area contributed by atoms with E-state index < -0.39 is 37.3 Å². The molecule has 7 nitrogen and oxygen atoms in total. The van der Waals surface area contributed by atoms with E-state index in [0.29, 0.717) is 0 Å². The van der Waals surface area contributed by atoms with Crippen molar-refractivity contribution in [1.29, 1.82) is 0 Å². The van der Waals surface area contributed by atoms with Crippen LogP contribution in [-0.2, 0) is 9.53 Å². The monoisotopic (exact) mass is 249 g/mol. The molecule has 5 N–H and O–H groups in total. The van der Waals surface area contributed by atoms with E-state index >= 15 is 0 Å². The number of carbonyl (C=O) groups excluding carboxylic acids is 1. The fourth-order valence-electron chi connectivity index (χ4n) is 1.53. The highest BCUT2D eigenvalue weighted by atomic mass is 16.6. The lowest BCUT2D eigenvalue weighted by Gasteiger charge is -2.40. The number of rotatable bonds is 3. The van der Waals surface area contributed by atoms with E-state index in [0.717, 1.165) is 0 Å². The minimum absolute atomic E-state index is 0.303. The van der Waals surface area contributed by atoms with E-state index in [4.69, 9.17) is 9.84 Å². The SMILES string of the molecule is CC(C)C(=O)NC1O[C@H](CO)[C@H](O)[C@H](O)[C@H]1O. The summed E-state index contributed by atoms with van der Waals surface area (Å²) < 4.78 is 5.11. The van der Waals surface area contributed by atoms with Crippen molar-refractivity contribution in [1.82, 2.24) is 5.32 Å². The molecule has 0 bridgehead atoms. The first kappa shape index (κ1) is 14.3. The average Bonchev–Trinajstić information content (AvgIpc) is 2.29. The van der Waals surface area contributed by atoms with Gasteiger partial charge in [-0.1, -0.05) is 13.8 Å². The third-order valence-corrected chi connectivity index (χ3v) is 2.70. The van der Waals surface area contributed by atoms with Gasteiger partial charge in [-0.25, -0.2) is 0 Å². The Bertz CT molecular complexity index is 270. The second kappa shape index (κ2) is 5.74. The zero-order chi connectivity index (χ0) is 13.2. The summed E-state index contributed by atoms with van der Waals surface area (Å²) in [5.74, 6) is -0.656. The molecular formula is C10H19NO6. The quantitative estimate of drug-likeness (QED) is 0.379. The molecule has 0 spiro atoms. The number of ether oxygens (including phenoxy) is 1. The van der Waals surface area contributed by atoms with E-state index in [2.05, 4.69) is 5.32 Å². The topological polar surface area (TPSA) is 119 Å². The second-order valence-electron chi connectivity index (χ2n) is 4.41. The van der Waals surface area contributed by atoms with Crippen molar-refractivity contribution in [2.24, 2.45) is 5.92 Å². The molecule has 5 atom stereocenters. The summed E-state index contributed by atoms with van der Waals surface area (Å²) in [5.41, 5.74) is 0. The molecule has 0 aromatic carbocycles. The maximum Gasteiger partial charge on any atom is 0.224 e. The summed E-state index contributed by atoms with van der Waals surface area (Å²) in [6.07, 6.45) is -6.47. The maximum atomic E-state index is 11.4. The predicted molar refractivity (Wildman–Crippen MR) is 56.7 cm³/mol. The Labute approximate surface area is 99.0 Å². The van der Waals surface area contributed by atoms with Crippen LogP contribution in [0.1, 0.15) is 13.8 Å². The number of hydrogen-bond acceptors (Lipinski definition) is 6. The lowest BCUT2D eigenvalue weighted by Crippen LogP contribution is -2.63. The molecule has 0 radical (unpaired) electrons. The Balaban J connectivity index is 2.69. The largest absolute Gasteiger partial charge is 0.394 e. The summed E-state index contributed by atoms with van der Waals surface area (Å²) in [6.45, 7) is 2.82. The number of hydrogen-bond donors (Lipinski definition) is 5. The number of nitrogens with one attached hydrogen (secondary N) is 1. The van der Waals surface area contributed by atoms with Gasteiger partial charge in [-0.3, -0.25) is 4.79 Å². The van der Waals surface area contributed by atoms with Gasteiger partial charge >= 0.3 is 0 Å². The Morgan fingerprint density at radius 2 is 1.82 bits per heavy atom. The van der Waals surface area contributed by atoms with Gasteiger partial charge in [0.05, 0.1) is 6.61 Å². The van der Waals surface area contributed by atoms with Gasteiger partial charge in [-0.05, 0) is 0 Å². The standard InChI is InChI=1S/C10H19NO6/c1-4(2)9(16)11-10-8(15)7(14)6(13)5(3-12)17-10/h4-8,10,12-15H,3H2,1-2H3,(H,11,16)/t5-,6+,7+,8-,10?/m1/s1. The molecule has 1 rings (SSSR count). The Hall–Kier alpha value is -0.730. The zero-order valence-corrected chi connectivity index (χ0v) is 9.78. The highest BCUT2D eigenvalue weighted by molar-refractivity contribution is 5.78. The number of aliphatic hydroxyl groups is 4. The lowest BCUT2D eigenvalue weighted by atomic mass is 9.98. The molecule has 0 aromatic rings. The summed E-state index contributed by atoms with van der Waals surface area (Å²) in [7, 11) is 0. The molecule has 0 aromatic heterocycles. The first-order valence-corrected chi connectivity index (χ1v) is 5.49. The average molecular weight is 249 g/mol. The predicted octanol–water partition coefficient (Wildman–Crippen LogP) is -2.44. The van der Waals surface area contributed by atoms with E-state index in [1.54, 1.807) is 13.8 Å². The van der Waals surface area contributed by atoms with Gasteiger partial charge in [0.1, 0.15) is 24.4 Å². The van der Waals surface area contributed by atoms with Crippen LogP contribution >= 0.6 is 0 Å². The van der Waals surface area contributed by atoms with Crippen LogP contribution in [0.25, 0.3) is 0 Å². The van der Waals surface area contributed by atoms with Crippen LogP contribution in [-0.4, -0.2) is 63.6 Å². The summed E-state index contributed by atoms with van der Waals surface area (Å²) in [4.78, 5) is 11.4. The van der Waals surface area contributed by atoms with E-state index in [9.17, 15) is 20.1 Å². The van der Waals surface area contributed by atoms with Crippen molar-refractivity contribution in [2.75, 3.05) is 6.61 Å². The molecule has 1 aliphatic heterocycles. The van der Waals surface area contributed by atoms with Crippen molar-refractivity contribution in [2.45, 2.75) is 44.5 Å². The molecule has 1 unspecified atom stereocenters. The Morgan fingerprint density at radius 1 is 1.24 bits per heavy atom. The fourth-order valence-corrected chi connectivity index (χ4v) is 1.53. The molecular weight excluding hydrogens is 230 g/mol. The highest BCUT2D eigenvalue weighted by Crippen LogP contribution is 2.19. The summed E-state index contributed by atoms with van der Waals surface area (Å²) in [5, 5.41) is 39.9. The normalized spacial score (nSPS) is 38.2. The lowest BCUT2D eigenvalue weighted by molar-refractivity contribution is -0.236. The third-order valence-electron chi connectivity index (χ3n) is 2.70.